The summed E-state index contributed by atoms with van der Waals surface area (Å²) >= 11 is 0. The van der Waals surface area contributed by atoms with E-state index in [-0.39, 0.29) is 6.54 Å². The van der Waals surface area contributed by atoms with E-state index in [4.69, 9.17) is 4.74 Å². The first-order valence-electron chi connectivity index (χ1n) is 10.4. The van der Waals surface area contributed by atoms with Crippen LogP contribution in [0.1, 0.15) is 30.9 Å². The molecule has 3 aromatic rings. The van der Waals surface area contributed by atoms with Crippen LogP contribution in [0.25, 0.3) is 0 Å². The molecule has 0 saturated heterocycles. The summed E-state index contributed by atoms with van der Waals surface area (Å²) in [6.45, 7) is 4.27. The van der Waals surface area contributed by atoms with Gasteiger partial charge in [0.1, 0.15) is 18.9 Å². The van der Waals surface area contributed by atoms with Crippen LogP contribution in [0.15, 0.2) is 78.9 Å². The maximum atomic E-state index is 12.6. The number of nitrogens with zero attached hydrogens (tertiary/aromatic N) is 1. The van der Waals surface area contributed by atoms with Crippen molar-refractivity contribution in [3.8, 4) is 5.75 Å². The van der Waals surface area contributed by atoms with E-state index in [9.17, 15) is 13.2 Å². The van der Waals surface area contributed by atoms with Crippen molar-refractivity contribution in [1.82, 2.24) is 0 Å². The largest absolute Gasteiger partial charge is 0.489 e. The highest BCUT2D eigenvalue weighted by Crippen LogP contribution is 2.22. The van der Waals surface area contributed by atoms with Crippen LogP contribution in [0.5, 0.6) is 5.75 Å². The Labute approximate surface area is 189 Å². The van der Waals surface area contributed by atoms with Crippen molar-refractivity contribution in [3.63, 3.8) is 0 Å². The van der Waals surface area contributed by atoms with Crippen LogP contribution >= 0.6 is 0 Å². The zero-order valence-corrected chi connectivity index (χ0v) is 19.3. The number of hydrogen-bond acceptors (Lipinski definition) is 4. The van der Waals surface area contributed by atoms with Gasteiger partial charge in [-0.15, -0.1) is 0 Å². The third-order valence-electron chi connectivity index (χ3n) is 4.92. The molecule has 0 radical (unpaired) electrons. The van der Waals surface area contributed by atoms with E-state index < -0.39 is 15.9 Å². The van der Waals surface area contributed by atoms with Crippen molar-refractivity contribution in [2.75, 3.05) is 22.4 Å². The Kier molecular flexibility index (Phi) is 7.53. The summed E-state index contributed by atoms with van der Waals surface area (Å²) in [5, 5.41) is 2.74. The third kappa shape index (κ3) is 6.59. The molecule has 6 nitrogen and oxygen atoms in total. The number of amides is 1. The van der Waals surface area contributed by atoms with Gasteiger partial charge in [0.15, 0.2) is 0 Å². The lowest BCUT2D eigenvalue weighted by molar-refractivity contribution is -0.114. The molecule has 0 bridgehead atoms. The lowest BCUT2D eigenvalue weighted by Crippen LogP contribution is -2.37. The summed E-state index contributed by atoms with van der Waals surface area (Å²) in [7, 11) is -3.63. The fraction of sp³-hybridized carbons (Fsp3) is 0.240. The highest BCUT2D eigenvalue weighted by atomic mass is 32.2. The molecular weight excluding hydrogens is 424 g/mol. The van der Waals surface area contributed by atoms with Gasteiger partial charge in [0.05, 0.1) is 11.9 Å². The number of rotatable bonds is 9. The second-order valence-corrected chi connectivity index (χ2v) is 9.77. The second-order valence-electron chi connectivity index (χ2n) is 7.86. The molecule has 0 saturated carbocycles. The average Bonchev–Trinajstić information content (AvgIpc) is 2.77. The van der Waals surface area contributed by atoms with E-state index in [1.54, 1.807) is 36.4 Å². The fourth-order valence-electron chi connectivity index (χ4n) is 3.13. The van der Waals surface area contributed by atoms with Gasteiger partial charge in [-0.1, -0.05) is 56.3 Å². The standard InChI is InChI=1S/C25H28N2O4S/c1-19(2)21-9-13-23(14-10-21)27(32(3,29)30)17-25(28)26-22-11-15-24(16-12-22)31-18-20-7-5-4-6-8-20/h4-16,19H,17-18H2,1-3H3,(H,26,28). The Morgan fingerprint density at radius 2 is 1.56 bits per heavy atom. The number of benzene rings is 3. The van der Waals surface area contributed by atoms with Crippen molar-refractivity contribution in [1.29, 1.82) is 0 Å². The third-order valence-corrected chi connectivity index (χ3v) is 6.06. The molecule has 3 rings (SSSR count). The zero-order chi connectivity index (χ0) is 23.1. The lowest BCUT2D eigenvalue weighted by atomic mass is 10.0. The van der Waals surface area contributed by atoms with E-state index in [1.807, 2.05) is 42.5 Å². The summed E-state index contributed by atoms with van der Waals surface area (Å²) in [6.07, 6.45) is 1.09. The van der Waals surface area contributed by atoms with Crippen molar-refractivity contribution < 1.29 is 17.9 Å². The minimum absolute atomic E-state index is 0.313. The molecule has 0 aliphatic carbocycles. The Morgan fingerprint density at radius 3 is 2.12 bits per heavy atom. The lowest BCUT2D eigenvalue weighted by Gasteiger charge is -2.22. The van der Waals surface area contributed by atoms with Gasteiger partial charge < -0.3 is 10.1 Å². The molecule has 0 spiro atoms. The highest BCUT2D eigenvalue weighted by Gasteiger charge is 2.21. The first-order valence-corrected chi connectivity index (χ1v) is 12.2. The van der Waals surface area contributed by atoms with Gasteiger partial charge in [-0.2, -0.15) is 0 Å². The minimum atomic E-state index is -3.63. The Morgan fingerprint density at radius 1 is 0.938 bits per heavy atom. The van der Waals surface area contributed by atoms with Gasteiger partial charge in [0.25, 0.3) is 0 Å². The van der Waals surface area contributed by atoms with Crippen LogP contribution in [-0.2, 0) is 21.4 Å². The first-order chi connectivity index (χ1) is 15.2. The summed E-state index contributed by atoms with van der Waals surface area (Å²) < 4.78 is 31.4. The van der Waals surface area contributed by atoms with Crippen LogP contribution in [0.3, 0.4) is 0 Å². The van der Waals surface area contributed by atoms with Crippen LogP contribution < -0.4 is 14.4 Å². The Balaban J connectivity index is 1.62. The SMILES string of the molecule is CC(C)c1ccc(N(CC(=O)Nc2ccc(OCc3ccccc3)cc2)S(C)(=O)=O)cc1. The van der Waals surface area contributed by atoms with E-state index in [2.05, 4.69) is 19.2 Å². The van der Waals surface area contributed by atoms with E-state index in [0.717, 1.165) is 21.7 Å². The minimum Gasteiger partial charge on any atom is -0.489 e. The maximum absolute atomic E-state index is 12.6. The molecule has 0 heterocycles. The maximum Gasteiger partial charge on any atom is 0.245 e. The van der Waals surface area contributed by atoms with Gasteiger partial charge in [0, 0.05) is 5.69 Å². The molecule has 0 aromatic heterocycles. The van der Waals surface area contributed by atoms with Crippen LogP contribution in [-0.4, -0.2) is 27.1 Å². The number of hydrogen-bond donors (Lipinski definition) is 1. The first kappa shape index (κ1) is 23.3. The monoisotopic (exact) mass is 452 g/mol. The molecule has 0 aliphatic rings. The van der Waals surface area contributed by atoms with Crippen LogP contribution in [0, 0.1) is 0 Å². The number of carbonyl (C=O) groups excluding carboxylic acids is 1. The van der Waals surface area contributed by atoms with Gasteiger partial charge in [-0.05, 0) is 53.4 Å². The molecule has 3 aromatic carbocycles. The van der Waals surface area contributed by atoms with Crippen molar-refractivity contribution in [3.05, 3.63) is 90.0 Å². The topological polar surface area (TPSA) is 75.7 Å². The van der Waals surface area contributed by atoms with E-state index in [1.165, 1.54) is 0 Å². The molecule has 168 valence electrons. The summed E-state index contributed by atoms with van der Waals surface area (Å²) in [4.78, 5) is 12.6. The Bertz CT molecular complexity index is 1130. The smallest absolute Gasteiger partial charge is 0.245 e. The number of nitrogens with one attached hydrogen (secondary N) is 1. The molecule has 7 heteroatoms. The molecule has 0 fully saturated rings. The van der Waals surface area contributed by atoms with Crippen molar-refractivity contribution in [2.45, 2.75) is 26.4 Å². The predicted molar refractivity (Wildman–Crippen MR) is 129 cm³/mol. The summed E-state index contributed by atoms with van der Waals surface area (Å²) in [5.41, 5.74) is 3.18. The molecule has 0 atom stereocenters. The molecule has 1 amide bonds. The van der Waals surface area contributed by atoms with E-state index >= 15 is 0 Å². The normalized spacial score (nSPS) is 11.2. The second kappa shape index (κ2) is 10.3. The van der Waals surface area contributed by atoms with Crippen LogP contribution in [0.2, 0.25) is 0 Å². The van der Waals surface area contributed by atoms with Gasteiger partial charge >= 0.3 is 0 Å². The molecule has 1 N–H and O–H groups in total. The quantitative estimate of drug-likeness (QED) is 0.506. The number of sulfonamides is 1. The summed E-state index contributed by atoms with van der Waals surface area (Å²) in [6, 6.07) is 24.0. The van der Waals surface area contributed by atoms with E-state index in [0.29, 0.717) is 29.6 Å². The molecule has 0 unspecified atom stereocenters. The van der Waals surface area contributed by atoms with Gasteiger partial charge in [0.2, 0.25) is 15.9 Å². The van der Waals surface area contributed by atoms with Crippen molar-refractivity contribution in [2.24, 2.45) is 0 Å². The predicted octanol–water partition coefficient (Wildman–Crippen LogP) is 4.79. The number of anilines is 2. The fourth-order valence-corrected chi connectivity index (χ4v) is 3.99. The zero-order valence-electron chi connectivity index (χ0n) is 18.5. The van der Waals surface area contributed by atoms with Crippen molar-refractivity contribution >= 4 is 27.3 Å². The molecule has 0 aliphatic heterocycles. The number of carbonyl (C=O) groups is 1. The Hall–Kier alpha value is -3.32. The average molecular weight is 453 g/mol. The van der Waals surface area contributed by atoms with Crippen LogP contribution in [0.4, 0.5) is 11.4 Å². The molecular formula is C25H28N2O4S. The van der Waals surface area contributed by atoms with Gasteiger partial charge in [-0.25, -0.2) is 8.42 Å². The summed E-state index contributed by atoms with van der Waals surface area (Å²) in [5.74, 6) is 0.579. The molecule has 32 heavy (non-hydrogen) atoms. The van der Waals surface area contributed by atoms with Gasteiger partial charge in [-0.3, -0.25) is 9.10 Å². The highest BCUT2D eigenvalue weighted by molar-refractivity contribution is 7.92. The number of ether oxygens (including phenoxy) is 1.